The first kappa shape index (κ1) is 10.9. The molecule has 1 atom stereocenters. The minimum Gasteiger partial charge on any atom is -0.380 e. The third-order valence-electron chi connectivity index (χ3n) is 2.22. The van der Waals surface area contributed by atoms with Crippen LogP contribution in [0.1, 0.15) is 6.42 Å². The highest BCUT2D eigenvalue weighted by atomic mass is 127. The summed E-state index contributed by atoms with van der Waals surface area (Å²) in [5.41, 5.74) is 1.08. The lowest BCUT2D eigenvalue weighted by Gasteiger charge is -2.14. The van der Waals surface area contributed by atoms with Crippen LogP contribution in [0.15, 0.2) is 18.2 Å². The van der Waals surface area contributed by atoms with Gasteiger partial charge in [-0.1, -0.05) is 11.6 Å². The average molecular weight is 340 g/mol. The molecule has 1 aromatic rings. The van der Waals surface area contributed by atoms with Gasteiger partial charge in [-0.2, -0.15) is 11.8 Å². The maximum atomic E-state index is 6.10. The number of benzene rings is 1. The zero-order valence-corrected chi connectivity index (χ0v) is 11.3. The van der Waals surface area contributed by atoms with E-state index in [1.807, 2.05) is 23.9 Å². The van der Waals surface area contributed by atoms with Crippen LogP contribution in [0, 0.1) is 3.57 Å². The molecule has 0 radical (unpaired) electrons. The topological polar surface area (TPSA) is 12.0 Å². The van der Waals surface area contributed by atoms with Crippen molar-refractivity contribution in [1.82, 2.24) is 0 Å². The summed E-state index contributed by atoms with van der Waals surface area (Å²) >= 11 is 10.4. The van der Waals surface area contributed by atoms with Gasteiger partial charge < -0.3 is 5.32 Å². The standard InChI is InChI=1S/C10H11ClINS/c11-9-2-1-7(12)5-10(9)13-8-3-4-14-6-8/h1-2,5,8,13H,3-4,6H2. The van der Waals surface area contributed by atoms with Crippen molar-refractivity contribution in [3.05, 3.63) is 26.8 Å². The first-order valence-electron chi connectivity index (χ1n) is 4.55. The van der Waals surface area contributed by atoms with Gasteiger partial charge in [0.05, 0.1) is 10.7 Å². The number of nitrogens with one attached hydrogen (secondary N) is 1. The predicted octanol–water partition coefficient (Wildman–Crippen LogP) is 3.86. The molecule has 1 saturated heterocycles. The molecule has 0 spiro atoms. The van der Waals surface area contributed by atoms with E-state index in [-0.39, 0.29) is 0 Å². The number of thioether (sulfide) groups is 1. The van der Waals surface area contributed by atoms with Crippen LogP contribution in [0.4, 0.5) is 5.69 Å². The van der Waals surface area contributed by atoms with Crippen molar-refractivity contribution in [3.8, 4) is 0 Å². The molecule has 2 rings (SSSR count). The second-order valence-corrected chi connectivity index (χ2v) is 6.13. The van der Waals surface area contributed by atoms with Gasteiger partial charge in [0.2, 0.25) is 0 Å². The predicted molar refractivity (Wildman–Crippen MR) is 73.5 cm³/mol. The van der Waals surface area contributed by atoms with E-state index < -0.39 is 0 Å². The number of hydrogen-bond acceptors (Lipinski definition) is 2. The van der Waals surface area contributed by atoms with Crippen LogP contribution < -0.4 is 5.32 Å². The fourth-order valence-corrected chi connectivity index (χ4v) is 3.29. The maximum Gasteiger partial charge on any atom is 0.0638 e. The summed E-state index contributed by atoms with van der Waals surface area (Å²) in [6.45, 7) is 0. The van der Waals surface area contributed by atoms with Gasteiger partial charge in [0.1, 0.15) is 0 Å². The summed E-state index contributed by atoms with van der Waals surface area (Å²) in [6.07, 6.45) is 1.24. The summed E-state index contributed by atoms with van der Waals surface area (Å²) in [6, 6.07) is 6.67. The average Bonchev–Trinajstić information content (AvgIpc) is 2.64. The number of rotatable bonds is 2. The van der Waals surface area contributed by atoms with Crippen LogP contribution in [-0.4, -0.2) is 17.5 Å². The second kappa shape index (κ2) is 4.94. The molecule has 76 valence electrons. The van der Waals surface area contributed by atoms with Gasteiger partial charge in [-0.25, -0.2) is 0 Å². The quantitative estimate of drug-likeness (QED) is 0.821. The van der Waals surface area contributed by atoms with Crippen molar-refractivity contribution >= 4 is 51.6 Å². The third-order valence-corrected chi connectivity index (χ3v) is 4.38. The van der Waals surface area contributed by atoms with Gasteiger partial charge >= 0.3 is 0 Å². The van der Waals surface area contributed by atoms with Crippen molar-refractivity contribution in [1.29, 1.82) is 0 Å². The second-order valence-electron chi connectivity index (χ2n) is 3.33. The molecular weight excluding hydrogens is 329 g/mol. The molecule has 1 aliphatic rings. The molecule has 1 unspecified atom stereocenters. The summed E-state index contributed by atoms with van der Waals surface area (Å²) in [7, 11) is 0. The van der Waals surface area contributed by atoms with Gasteiger partial charge in [0.15, 0.2) is 0 Å². The van der Waals surface area contributed by atoms with E-state index in [4.69, 9.17) is 11.6 Å². The molecule has 0 amide bonds. The van der Waals surface area contributed by atoms with Crippen molar-refractivity contribution in [3.63, 3.8) is 0 Å². The first-order valence-corrected chi connectivity index (χ1v) is 7.16. The van der Waals surface area contributed by atoms with Crippen LogP contribution in [0.3, 0.4) is 0 Å². The van der Waals surface area contributed by atoms with E-state index in [0.29, 0.717) is 6.04 Å². The molecule has 1 N–H and O–H groups in total. The largest absolute Gasteiger partial charge is 0.380 e. The molecule has 1 aliphatic heterocycles. The lowest BCUT2D eigenvalue weighted by molar-refractivity contribution is 0.813. The lowest BCUT2D eigenvalue weighted by Crippen LogP contribution is -2.18. The molecule has 1 aromatic carbocycles. The summed E-state index contributed by atoms with van der Waals surface area (Å²) in [5, 5.41) is 4.31. The Bertz CT molecular complexity index is 326. The summed E-state index contributed by atoms with van der Waals surface area (Å²) in [5.74, 6) is 2.46. The van der Waals surface area contributed by atoms with E-state index in [0.717, 1.165) is 10.7 Å². The monoisotopic (exact) mass is 339 g/mol. The van der Waals surface area contributed by atoms with E-state index in [1.54, 1.807) is 0 Å². The molecule has 0 aliphatic carbocycles. The SMILES string of the molecule is Clc1ccc(I)cc1NC1CCSC1. The van der Waals surface area contributed by atoms with Crippen molar-refractivity contribution < 1.29 is 0 Å². The molecule has 0 bridgehead atoms. The van der Waals surface area contributed by atoms with Gasteiger partial charge in [-0.05, 0) is 53.0 Å². The maximum absolute atomic E-state index is 6.10. The highest BCUT2D eigenvalue weighted by molar-refractivity contribution is 14.1. The highest BCUT2D eigenvalue weighted by Gasteiger charge is 2.15. The summed E-state index contributed by atoms with van der Waals surface area (Å²) < 4.78 is 1.22. The number of hydrogen-bond donors (Lipinski definition) is 1. The Kier molecular flexibility index (Phi) is 3.85. The minimum atomic E-state index is 0.593. The molecule has 1 heterocycles. The van der Waals surface area contributed by atoms with Crippen LogP contribution in [-0.2, 0) is 0 Å². The van der Waals surface area contributed by atoms with Crippen molar-refractivity contribution in [2.75, 3.05) is 16.8 Å². The summed E-state index contributed by atoms with van der Waals surface area (Å²) in [4.78, 5) is 0. The molecule has 1 nitrogen and oxygen atoms in total. The van der Waals surface area contributed by atoms with Crippen molar-refractivity contribution in [2.45, 2.75) is 12.5 Å². The fraction of sp³-hybridized carbons (Fsp3) is 0.400. The fourth-order valence-electron chi connectivity index (χ4n) is 1.48. The normalized spacial score (nSPS) is 21.1. The Morgan fingerprint density at radius 2 is 2.36 bits per heavy atom. The van der Waals surface area contributed by atoms with Gasteiger partial charge in [0, 0.05) is 15.4 Å². The van der Waals surface area contributed by atoms with Crippen LogP contribution in [0.2, 0.25) is 5.02 Å². The molecule has 14 heavy (non-hydrogen) atoms. The third kappa shape index (κ3) is 2.70. The zero-order valence-electron chi connectivity index (χ0n) is 7.59. The zero-order chi connectivity index (χ0) is 9.97. The van der Waals surface area contributed by atoms with E-state index in [9.17, 15) is 0 Å². The number of anilines is 1. The Hall–Kier alpha value is 0.390. The first-order chi connectivity index (χ1) is 6.75. The van der Waals surface area contributed by atoms with Crippen LogP contribution in [0.25, 0.3) is 0 Å². The smallest absolute Gasteiger partial charge is 0.0638 e. The van der Waals surface area contributed by atoms with Gasteiger partial charge in [-0.3, -0.25) is 0 Å². The van der Waals surface area contributed by atoms with Gasteiger partial charge in [-0.15, -0.1) is 0 Å². The van der Waals surface area contributed by atoms with Gasteiger partial charge in [0.25, 0.3) is 0 Å². The van der Waals surface area contributed by atoms with Crippen molar-refractivity contribution in [2.24, 2.45) is 0 Å². The van der Waals surface area contributed by atoms with Crippen LogP contribution >= 0.6 is 46.0 Å². The van der Waals surface area contributed by atoms with E-state index in [1.165, 1.54) is 21.5 Å². The Morgan fingerprint density at radius 3 is 3.07 bits per heavy atom. The Balaban J connectivity index is 2.10. The lowest BCUT2D eigenvalue weighted by atomic mass is 10.2. The highest BCUT2D eigenvalue weighted by Crippen LogP contribution is 2.27. The van der Waals surface area contributed by atoms with E-state index >= 15 is 0 Å². The molecule has 1 fully saturated rings. The number of halogens is 2. The van der Waals surface area contributed by atoms with E-state index in [2.05, 4.69) is 34.0 Å². The molecule has 0 saturated carbocycles. The van der Waals surface area contributed by atoms with Crippen LogP contribution in [0.5, 0.6) is 0 Å². The minimum absolute atomic E-state index is 0.593. The Labute approximate surface area is 107 Å². The molecular formula is C10H11ClINS. The molecule has 4 heteroatoms. The molecule has 0 aromatic heterocycles. The Morgan fingerprint density at radius 1 is 1.50 bits per heavy atom.